The van der Waals surface area contributed by atoms with E-state index in [0.717, 1.165) is 0 Å². The summed E-state index contributed by atoms with van der Waals surface area (Å²) in [5.41, 5.74) is 10.0. The van der Waals surface area contributed by atoms with Crippen molar-refractivity contribution in [1.82, 2.24) is 4.90 Å². The molecule has 76 valence electrons. The Bertz CT molecular complexity index is 199. The average molecular weight is 185 g/mol. The van der Waals surface area contributed by atoms with E-state index in [-0.39, 0.29) is 0 Å². The lowest BCUT2D eigenvalue weighted by Crippen LogP contribution is -2.58. The van der Waals surface area contributed by atoms with Gasteiger partial charge in [0.1, 0.15) is 5.54 Å². The summed E-state index contributed by atoms with van der Waals surface area (Å²) in [6.07, 6.45) is 3.71. The molecule has 0 aliphatic heterocycles. The highest BCUT2D eigenvalue weighted by molar-refractivity contribution is 5.84. The molecule has 1 saturated carbocycles. The molecule has 1 atom stereocenters. The van der Waals surface area contributed by atoms with Crippen LogP contribution in [0.2, 0.25) is 0 Å². The first-order valence-corrected chi connectivity index (χ1v) is 4.72. The first-order chi connectivity index (χ1) is 5.93. The van der Waals surface area contributed by atoms with Gasteiger partial charge in [-0.3, -0.25) is 4.79 Å². The van der Waals surface area contributed by atoms with E-state index in [0.29, 0.717) is 12.6 Å². The van der Waals surface area contributed by atoms with Crippen LogP contribution >= 0.6 is 0 Å². The smallest absolute Gasteiger partial charge is 0.238 e. The molecule has 1 rings (SSSR count). The van der Waals surface area contributed by atoms with Gasteiger partial charge >= 0.3 is 0 Å². The van der Waals surface area contributed by atoms with Crippen molar-refractivity contribution in [2.24, 2.45) is 11.5 Å². The van der Waals surface area contributed by atoms with Crippen molar-refractivity contribution >= 4 is 5.91 Å². The van der Waals surface area contributed by atoms with Gasteiger partial charge in [-0.25, -0.2) is 0 Å². The Morgan fingerprint density at radius 2 is 2.15 bits per heavy atom. The average Bonchev–Trinajstić information content (AvgIpc) is 1.80. The largest absolute Gasteiger partial charge is 0.368 e. The number of primary amides is 1. The van der Waals surface area contributed by atoms with E-state index in [4.69, 9.17) is 11.5 Å². The van der Waals surface area contributed by atoms with E-state index in [1.54, 1.807) is 6.92 Å². The molecule has 0 aromatic rings. The third-order valence-electron chi connectivity index (χ3n) is 2.84. The molecule has 0 bridgehead atoms. The Morgan fingerprint density at radius 1 is 1.62 bits per heavy atom. The Hall–Kier alpha value is -0.610. The van der Waals surface area contributed by atoms with E-state index < -0.39 is 11.4 Å². The summed E-state index contributed by atoms with van der Waals surface area (Å²) < 4.78 is 0. The normalized spacial score (nSPS) is 22.5. The third kappa shape index (κ3) is 2.42. The van der Waals surface area contributed by atoms with Crippen molar-refractivity contribution in [1.29, 1.82) is 0 Å². The highest BCUT2D eigenvalue weighted by Crippen LogP contribution is 2.24. The SMILES string of the molecule is CN(CC(C)(N)C(N)=O)C1CCC1. The van der Waals surface area contributed by atoms with Crippen LogP contribution in [-0.4, -0.2) is 36.0 Å². The fourth-order valence-electron chi connectivity index (χ4n) is 1.55. The van der Waals surface area contributed by atoms with Gasteiger partial charge in [0.2, 0.25) is 5.91 Å². The van der Waals surface area contributed by atoms with Crippen molar-refractivity contribution in [3.05, 3.63) is 0 Å². The molecule has 1 aliphatic carbocycles. The quantitative estimate of drug-likeness (QED) is 0.630. The lowest BCUT2D eigenvalue weighted by Gasteiger charge is -2.38. The number of nitrogens with two attached hydrogens (primary N) is 2. The zero-order valence-corrected chi connectivity index (χ0v) is 8.42. The van der Waals surface area contributed by atoms with Crippen molar-refractivity contribution in [2.75, 3.05) is 13.6 Å². The molecular formula is C9H19N3O. The molecule has 0 saturated heterocycles. The zero-order valence-electron chi connectivity index (χ0n) is 8.42. The van der Waals surface area contributed by atoms with Gasteiger partial charge in [0.25, 0.3) is 0 Å². The van der Waals surface area contributed by atoms with Gasteiger partial charge in [0, 0.05) is 12.6 Å². The first-order valence-electron chi connectivity index (χ1n) is 4.72. The summed E-state index contributed by atoms with van der Waals surface area (Å²) in [6, 6.07) is 0.599. The van der Waals surface area contributed by atoms with Crippen LogP contribution < -0.4 is 11.5 Å². The van der Waals surface area contributed by atoms with Crippen molar-refractivity contribution < 1.29 is 4.79 Å². The summed E-state index contributed by atoms with van der Waals surface area (Å²) in [6.45, 7) is 2.23. The van der Waals surface area contributed by atoms with Gasteiger partial charge < -0.3 is 16.4 Å². The van der Waals surface area contributed by atoms with Crippen molar-refractivity contribution in [3.8, 4) is 0 Å². The number of hydrogen-bond donors (Lipinski definition) is 2. The Morgan fingerprint density at radius 3 is 2.46 bits per heavy atom. The molecule has 0 radical (unpaired) electrons. The summed E-state index contributed by atoms with van der Waals surface area (Å²) in [7, 11) is 2.00. The van der Waals surface area contributed by atoms with E-state index in [1.807, 2.05) is 7.05 Å². The van der Waals surface area contributed by atoms with Gasteiger partial charge in [-0.15, -0.1) is 0 Å². The van der Waals surface area contributed by atoms with Crippen LogP contribution in [0.1, 0.15) is 26.2 Å². The highest BCUT2D eigenvalue weighted by atomic mass is 16.1. The minimum absolute atomic E-state index is 0.432. The lowest BCUT2D eigenvalue weighted by atomic mass is 9.90. The zero-order chi connectivity index (χ0) is 10.1. The minimum atomic E-state index is -0.898. The van der Waals surface area contributed by atoms with Crippen molar-refractivity contribution in [3.63, 3.8) is 0 Å². The Kier molecular flexibility index (Phi) is 2.93. The maximum atomic E-state index is 11.0. The molecule has 1 aliphatic rings. The van der Waals surface area contributed by atoms with Crippen LogP contribution in [0.3, 0.4) is 0 Å². The fraction of sp³-hybridized carbons (Fsp3) is 0.889. The van der Waals surface area contributed by atoms with E-state index >= 15 is 0 Å². The first kappa shape index (κ1) is 10.5. The number of rotatable bonds is 4. The predicted molar refractivity (Wildman–Crippen MR) is 52.1 cm³/mol. The monoisotopic (exact) mass is 185 g/mol. The highest BCUT2D eigenvalue weighted by Gasteiger charge is 2.31. The number of carbonyl (C=O) groups excluding carboxylic acids is 1. The molecule has 0 heterocycles. The van der Waals surface area contributed by atoms with Crippen LogP contribution in [0.15, 0.2) is 0 Å². The summed E-state index contributed by atoms with van der Waals surface area (Å²) in [5.74, 6) is -0.432. The molecule has 4 N–H and O–H groups in total. The number of hydrogen-bond acceptors (Lipinski definition) is 3. The lowest BCUT2D eigenvalue weighted by molar-refractivity contribution is -0.123. The minimum Gasteiger partial charge on any atom is -0.368 e. The molecule has 0 spiro atoms. The number of carbonyl (C=O) groups is 1. The molecule has 4 nitrogen and oxygen atoms in total. The van der Waals surface area contributed by atoms with Crippen LogP contribution in [0, 0.1) is 0 Å². The topological polar surface area (TPSA) is 72.3 Å². The van der Waals surface area contributed by atoms with Gasteiger partial charge in [-0.1, -0.05) is 6.42 Å². The van der Waals surface area contributed by atoms with Crippen LogP contribution in [-0.2, 0) is 4.79 Å². The van der Waals surface area contributed by atoms with Gasteiger partial charge in [0.15, 0.2) is 0 Å². The maximum Gasteiger partial charge on any atom is 0.238 e. The molecule has 1 amide bonds. The van der Waals surface area contributed by atoms with Crippen LogP contribution in [0.5, 0.6) is 0 Å². The van der Waals surface area contributed by atoms with Gasteiger partial charge in [0.05, 0.1) is 0 Å². The maximum absolute atomic E-state index is 11.0. The van der Waals surface area contributed by atoms with E-state index in [2.05, 4.69) is 4.90 Å². The fourth-order valence-corrected chi connectivity index (χ4v) is 1.55. The summed E-state index contributed by atoms with van der Waals surface area (Å²) in [5, 5.41) is 0. The Labute approximate surface area is 79.3 Å². The second-order valence-electron chi connectivity index (χ2n) is 4.28. The summed E-state index contributed by atoms with van der Waals surface area (Å²) >= 11 is 0. The van der Waals surface area contributed by atoms with E-state index in [1.165, 1.54) is 19.3 Å². The molecule has 1 unspecified atom stereocenters. The molecule has 1 fully saturated rings. The van der Waals surface area contributed by atoms with Crippen LogP contribution in [0.4, 0.5) is 0 Å². The second-order valence-corrected chi connectivity index (χ2v) is 4.28. The second kappa shape index (κ2) is 3.64. The number of amides is 1. The van der Waals surface area contributed by atoms with Crippen molar-refractivity contribution in [2.45, 2.75) is 37.8 Å². The van der Waals surface area contributed by atoms with Gasteiger partial charge in [-0.2, -0.15) is 0 Å². The van der Waals surface area contributed by atoms with Crippen LogP contribution in [0.25, 0.3) is 0 Å². The summed E-state index contributed by atoms with van der Waals surface area (Å²) in [4.78, 5) is 13.1. The third-order valence-corrected chi connectivity index (χ3v) is 2.84. The van der Waals surface area contributed by atoms with Gasteiger partial charge in [-0.05, 0) is 26.8 Å². The molecule has 4 heteroatoms. The standard InChI is InChI=1S/C9H19N3O/c1-9(11,8(10)13)6-12(2)7-4-3-5-7/h7H,3-6,11H2,1-2H3,(H2,10,13). The van der Waals surface area contributed by atoms with E-state index in [9.17, 15) is 4.79 Å². The predicted octanol–water partition coefficient (Wildman–Crippen LogP) is -0.327. The molecule has 13 heavy (non-hydrogen) atoms. The molecule has 0 aromatic heterocycles. The number of likely N-dealkylation sites (N-methyl/N-ethyl adjacent to an activating group) is 1. The molecule has 0 aromatic carbocycles. The number of nitrogens with zero attached hydrogens (tertiary/aromatic N) is 1. The molecular weight excluding hydrogens is 166 g/mol. The Balaban J connectivity index is 2.41.